The van der Waals surface area contributed by atoms with Gasteiger partial charge in [-0.25, -0.2) is 4.98 Å². The van der Waals surface area contributed by atoms with Crippen LogP contribution in [0.1, 0.15) is 17.2 Å². The predicted molar refractivity (Wildman–Crippen MR) is 99.0 cm³/mol. The van der Waals surface area contributed by atoms with Crippen LogP contribution < -0.4 is 9.80 Å². The van der Waals surface area contributed by atoms with E-state index in [4.69, 9.17) is 0 Å². The van der Waals surface area contributed by atoms with Gasteiger partial charge >= 0.3 is 0 Å². The highest BCUT2D eigenvalue weighted by Gasteiger charge is 2.36. The number of hydrogen-bond acceptors (Lipinski definition) is 6. The molecular formula is C19H25N5O. The standard InChI is InChI=1S/C19H25N5O/c1-22(2)19-20-8-7-17(21-19)24-11-9-23(10-12-24)16-13-14-5-3-4-6-15(14)18(16)25/h3-8,16,18,25H,9-13H2,1-2H3/t16-,18+/m0/s1. The molecule has 1 aromatic heterocycles. The van der Waals surface area contributed by atoms with Crippen LogP contribution in [-0.2, 0) is 6.42 Å². The van der Waals surface area contributed by atoms with Crippen LogP contribution in [0.2, 0.25) is 0 Å². The molecule has 2 aromatic rings. The molecule has 2 aliphatic rings. The van der Waals surface area contributed by atoms with Gasteiger partial charge in [0.25, 0.3) is 0 Å². The SMILES string of the molecule is CN(C)c1nccc(N2CCN([C@H]3Cc4ccccc4[C@H]3O)CC2)n1. The molecule has 0 saturated carbocycles. The van der Waals surface area contributed by atoms with E-state index in [0.29, 0.717) is 0 Å². The minimum Gasteiger partial charge on any atom is -0.387 e. The zero-order valence-electron chi connectivity index (χ0n) is 14.8. The lowest BCUT2D eigenvalue weighted by Gasteiger charge is -2.39. The minimum absolute atomic E-state index is 0.197. The third-order valence-corrected chi connectivity index (χ3v) is 5.30. The Labute approximate surface area is 148 Å². The second kappa shape index (κ2) is 6.61. The van der Waals surface area contributed by atoms with E-state index in [-0.39, 0.29) is 12.1 Å². The zero-order chi connectivity index (χ0) is 17.4. The van der Waals surface area contributed by atoms with Crippen molar-refractivity contribution in [3.8, 4) is 0 Å². The van der Waals surface area contributed by atoms with E-state index in [9.17, 15) is 5.11 Å². The smallest absolute Gasteiger partial charge is 0.226 e. The highest BCUT2D eigenvalue weighted by atomic mass is 16.3. The van der Waals surface area contributed by atoms with Gasteiger partial charge in [-0.3, -0.25) is 4.90 Å². The fourth-order valence-corrected chi connectivity index (χ4v) is 3.90. The summed E-state index contributed by atoms with van der Waals surface area (Å²) in [5, 5.41) is 10.7. The number of nitrogens with zero attached hydrogens (tertiary/aromatic N) is 5. The summed E-state index contributed by atoms with van der Waals surface area (Å²) in [6, 6.07) is 10.4. The monoisotopic (exact) mass is 339 g/mol. The van der Waals surface area contributed by atoms with Gasteiger partial charge < -0.3 is 14.9 Å². The average Bonchev–Trinajstić information content (AvgIpc) is 2.99. The fourth-order valence-electron chi connectivity index (χ4n) is 3.90. The first-order valence-electron chi connectivity index (χ1n) is 8.89. The quantitative estimate of drug-likeness (QED) is 0.910. The van der Waals surface area contributed by atoms with Gasteiger partial charge in [0, 0.05) is 52.5 Å². The molecule has 4 rings (SSSR count). The summed E-state index contributed by atoms with van der Waals surface area (Å²) in [7, 11) is 3.91. The molecule has 0 spiro atoms. The summed E-state index contributed by atoms with van der Waals surface area (Å²) in [4.78, 5) is 15.6. The lowest BCUT2D eigenvalue weighted by Crippen LogP contribution is -2.51. The van der Waals surface area contributed by atoms with Crippen molar-refractivity contribution < 1.29 is 5.11 Å². The van der Waals surface area contributed by atoms with Gasteiger partial charge in [-0.2, -0.15) is 4.98 Å². The number of hydrogen-bond donors (Lipinski definition) is 1. The Morgan fingerprint density at radius 1 is 1.08 bits per heavy atom. The van der Waals surface area contributed by atoms with Gasteiger partial charge in [0.05, 0.1) is 6.10 Å². The highest BCUT2D eigenvalue weighted by molar-refractivity contribution is 5.43. The Balaban J connectivity index is 1.42. The van der Waals surface area contributed by atoms with Crippen LogP contribution in [0.15, 0.2) is 36.5 Å². The van der Waals surface area contributed by atoms with Crippen molar-refractivity contribution in [2.75, 3.05) is 50.1 Å². The molecule has 1 saturated heterocycles. The Hall–Kier alpha value is -2.18. The summed E-state index contributed by atoms with van der Waals surface area (Å²) in [6.45, 7) is 3.72. The summed E-state index contributed by atoms with van der Waals surface area (Å²) in [5.41, 5.74) is 2.38. The Morgan fingerprint density at radius 2 is 1.84 bits per heavy atom. The van der Waals surface area contributed by atoms with Crippen molar-refractivity contribution in [2.45, 2.75) is 18.6 Å². The molecule has 0 bridgehead atoms. The molecule has 2 heterocycles. The first-order valence-corrected chi connectivity index (χ1v) is 8.89. The van der Waals surface area contributed by atoms with Crippen LogP contribution >= 0.6 is 0 Å². The maximum Gasteiger partial charge on any atom is 0.226 e. The number of anilines is 2. The normalized spacial score (nSPS) is 23.6. The summed E-state index contributed by atoms with van der Waals surface area (Å²) in [6.07, 6.45) is 2.39. The second-order valence-electron chi connectivity index (χ2n) is 7.05. The fraction of sp³-hybridized carbons (Fsp3) is 0.474. The molecular weight excluding hydrogens is 314 g/mol. The van der Waals surface area contributed by atoms with Gasteiger partial charge in [0.15, 0.2) is 0 Å². The third-order valence-electron chi connectivity index (χ3n) is 5.30. The second-order valence-corrected chi connectivity index (χ2v) is 7.05. The Bertz CT molecular complexity index is 742. The van der Waals surface area contributed by atoms with Crippen LogP contribution in [-0.4, -0.2) is 66.3 Å². The molecule has 0 radical (unpaired) electrons. The first-order chi connectivity index (χ1) is 12.1. The molecule has 132 valence electrons. The van der Waals surface area contributed by atoms with Gasteiger partial charge in [0.1, 0.15) is 5.82 Å². The van der Waals surface area contributed by atoms with Crippen LogP contribution in [0.4, 0.5) is 11.8 Å². The van der Waals surface area contributed by atoms with E-state index in [1.807, 2.05) is 37.3 Å². The first kappa shape index (κ1) is 16.3. The molecule has 6 nitrogen and oxygen atoms in total. The molecule has 1 aliphatic carbocycles. The number of aliphatic hydroxyl groups excluding tert-OH is 1. The van der Waals surface area contributed by atoms with Gasteiger partial charge in [-0.15, -0.1) is 0 Å². The number of aliphatic hydroxyl groups is 1. The lowest BCUT2D eigenvalue weighted by atomic mass is 10.1. The van der Waals surface area contributed by atoms with Crippen LogP contribution in [0.3, 0.4) is 0 Å². The molecule has 1 aliphatic heterocycles. The summed E-state index contributed by atoms with van der Waals surface area (Å²) in [5.74, 6) is 1.72. The van der Waals surface area contributed by atoms with Crippen molar-refractivity contribution >= 4 is 11.8 Å². The van der Waals surface area contributed by atoms with Crippen molar-refractivity contribution in [1.29, 1.82) is 0 Å². The van der Waals surface area contributed by atoms with Crippen molar-refractivity contribution in [1.82, 2.24) is 14.9 Å². The number of fused-ring (bicyclic) bond motifs is 1. The number of benzene rings is 1. The topological polar surface area (TPSA) is 55.7 Å². The van der Waals surface area contributed by atoms with E-state index in [2.05, 4.69) is 38.0 Å². The maximum absolute atomic E-state index is 10.7. The Kier molecular flexibility index (Phi) is 4.31. The lowest BCUT2D eigenvalue weighted by molar-refractivity contribution is 0.0571. The van der Waals surface area contributed by atoms with Crippen LogP contribution in [0.5, 0.6) is 0 Å². The summed E-state index contributed by atoms with van der Waals surface area (Å²) >= 11 is 0. The van der Waals surface area contributed by atoms with E-state index in [1.54, 1.807) is 0 Å². The van der Waals surface area contributed by atoms with Crippen molar-refractivity contribution in [3.05, 3.63) is 47.7 Å². The third kappa shape index (κ3) is 3.07. The number of piperazine rings is 1. The molecule has 2 atom stereocenters. The highest BCUT2D eigenvalue weighted by Crippen LogP contribution is 2.34. The van der Waals surface area contributed by atoms with Crippen molar-refractivity contribution in [3.63, 3.8) is 0 Å². The van der Waals surface area contributed by atoms with Gasteiger partial charge in [-0.05, 0) is 23.6 Å². The molecule has 25 heavy (non-hydrogen) atoms. The maximum atomic E-state index is 10.7. The molecule has 0 unspecified atom stereocenters. The van der Waals surface area contributed by atoms with Crippen molar-refractivity contribution in [2.24, 2.45) is 0 Å². The van der Waals surface area contributed by atoms with E-state index in [0.717, 1.165) is 49.9 Å². The molecule has 0 amide bonds. The van der Waals surface area contributed by atoms with Gasteiger partial charge in [0.2, 0.25) is 5.95 Å². The molecule has 6 heteroatoms. The van der Waals surface area contributed by atoms with E-state index < -0.39 is 0 Å². The van der Waals surface area contributed by atoms with E-state index >= 15 is 0 Å². The predicted octanol–water partition coefficient (Wildman–Crippen LogP) is 1.32. The molecule has 1 N–H and O–H groups in total. The largest absolute Gasteiger partial charge is 0.387 e. The average molecular weight is 339 g/mol. The van der Waals surface area contributed by atoms with Gasteiger partial charge in [-0.1, -0.05) is 24.3 Å². The summed E-state index contributed by atoms with van der Waals surface area (Å²) < 4.78 is 0. The minimum atomic E-state index is -0.373. The van der Waals surface area contributed by atoms with E-state index in [1.165, 1.54) is 5.56 Å². The number of rotatable bonds is 3. The molecule has 1 fully saturated rings. The van der Waals surface area contributed by atoms with Crippen LogP contribution in [0.25, 0.3) is 0 Å². The zero-order valence-corrected chi connectivity index (χ0v) is 14.8. The molecule has 1 aromatic carbocycles. The number of aromatic nitrogens is 2. The Morgan fingerprint density at radius 3 is 2.56 bits per heavy atom. The van der Waals surface area contributed by atoms with Crippen LogP contribution in [0, 0.1) is 0 Å².